The van der Waals surface area contributed by atoms with Crippen LogP contribution in [0.15, 0.2) is 0 Å². The summed E-state index contributed by atoms with van der Waals surface area (Å²) in [4.78, 5) is 11.7. The molecule has 1 aliphatic heterocycles. The van der Waals surface area contributed by atoms with E-state index >= 15 is 0 Å². The summed E-state index contributed by atoms with van der Waals surface area (Å²) in [5, 5.41) is 3.99. The molecular formula is C13H21N3O3S. The SMILES string of the molecule is CC(C)Oc1c(NCC2CCCO2)sc(C(N)=O)c1N. The number of carbonyl (C=O) groups excluding carboxylic acids is 1. The Hall–Kier alpha value is -1.47. The fourth-order valence-corrected chi connectivity index (χ4v) is 3.01. The summed E-state index contributed by atoms with van der Waals surface area (Å²) in [7, 11) is 0. The molecular weight excluding hydrogens is 278 g/mol. The smallest absolute Gasteiger partial charge is 0.261 e. The molecule has 0 bridgehead atoms. The normalized spacial score (nSPS) is 18.4. The van der Waals surface area contributed by atoms with Crippen molar-refractivity contribution in [1.29, 1.82) is 0 Å². The average molecular weight is 299 g/mol. The highest BCUT2D eigenvalue weighted by Gasteiger charge is 2.23. The van der Waals surface area contributed by atoms with E-state index in [-0.39, 0.29) is 12.2 Å². The van der Waals surface area contributed by atoms with E-state index in [2.05, 4.69) is 5.32 Å². The topological polar surface area (TPSA) is 99.6 Å². The molecule has 7 heteroatoms. The van der Waals surface area contributed by atoms with Crippen LogP contribution in [0.1, 0.15) is 36.4 Å². The van der Waals surface area contributed by atoms with Gasteiger partial charge in [0.2, 0.25) is 0 Å². The molecule has 0 radical (unpaired) electrons. The fourth-order valence-electron chi connectivity index (χ4n) is 2.09. The summed E-state index contributed by atoms with van der Waals surface area (Å²) in [6.07, 6.45) is 2.29. The van der Waals surface area contributed by atoms with E-state index in [1.54, 1.807) is 0 Å². The van der Waals surface area contributed by atoms with Crippen molar-refractivity contribution in [2.75, 3.05) is 24.2 Å². The minimum atomic E-state index is -0.536. The molecule has 0 aliphatic carbocycles. The van der Waals surface area contributed by atoms with Crippen LogP contribution in [0.5, 0.6) is 5.75 Å². The van der Waals surface area contributed by atoms with Crippen molar-refractivity contribution in [2.45, 2.75) is 38.9 Å². The van der Waals surface area contributed by atoms with E-state index in [9.17, 15) is 4.79 Å². The second kappa shape index (κ2) is 6.32. The number of ether oxygens (including phenoxy) is 2. The number of rotatable bonds is 6. The van der Waals surface area contributed by atoms with Gasteiger partial charge in [0.25, 0.3) is 5.91 Å². The van der Waals surface area contributed by atoms with Gasteiger partial charge < -0.3 is 26.3 Å². The molecule has 1 saturated heterocycles. The van der Waals surface area contributed by atoms with Gasteiger partial charge in [0, 0.05) is 13.2 Å². The number of primary amides is 1. The monoisotopic (exact) mass is 299 g/mol. The molecule has 1 aromatic heterocycles. The Balaban J connectivity index is 2.15. The second-order valence-electron chi connectivity index (χ2n) is 5.05. The molecule has 5 N–H and O–H groups in total. The number of anilines is 2. The molecule has 20 heavy (non-hydrogen) atoms. The zero-order chi connectivity index (χ0) is 14.7. The third-order valence-corrected chi connectivity index (χ3v) is 4.15. The fraction of sp³-hybridized carbons (Fsp3) is 0.615. The predicted molar refractivity (Wildman–Crippen MR) is 80.5 cm³/mol. The molecule has 112 valence electrons. The van der Waals surface area contributed by atoms with Crippen LogP contribution >= 0.6 is 11.3 Å². The summed E-state index contributed by atoms with van der Waals surface area (Å²) in [6, 6.07) is 0. The molecule has 6 nitrogen and oxygen atoms in total. The minimum absolute atomic E-state index is 0.0316. The van der Waals surface area contributed by atoms with Crippen LogP contribution in [0.25, 0.3) is 0 Å². The Labute approximate surface area is 122 Å². The molecule has 1 unspecified atom stereocenters. The maximum Gasteiger partial charge on any atom is 0.261 e. The van der Waals surface area contributed by atoms with E-state index in [4.69, 9.17) is 20.9 Å². The summed E-state index contributed by atoms with van der Waals surface area (Å²) in [5.41, 5.74) is 11.6. The molecule has 0 spiro atoms. The Kier molecular flexibility index (Phi) is 4.72. The van der Waals surface area contributed by atoms with Crippen LogP contribution in [0.2, 0.25) is 0 Å². The van der Waals surface area contributed by atoms with Crippen molar-refractivity contribution < 1.29 is 14.3 Å². The zero-order valence-electron chi connectivity index (χ0n) is 11.8. The van der Waals surface area contributed by atoms with Crippen molar-refractivity contribution in [3.05, 3.63) is 4.88 Å². The van der Waals surface area contributed by atoms with Crippen LogP contribution in [0.4, 0.5) is 10.7 Å². The van der Waals surface area contributed by atoms with E-state index in [1.165, 1.54) is 11.3 Å². The first-order chi connectivity index (χ1) is 9.49. The van der Waals surface area contributed by atoms with Gasteiger partial charge in [0.1, 0.15) is 15.6 Å². The first-order valence-electron chi connectivity index (χ1n) is 6.73. The first kappa shape index (κ1) is 14.9. The number of hydrogen-bond acceptors (Lipinski definition) is 6. The average Bonchev–Trinajstić information content (AvgIpc) is 2.97. The van der Waals surface area contributed by atoms with Gasteiger partial charge >= 0.3 is 0 Å². The van der Waals surface area contributed by atoms with Gasteiger partial charge in [-0.15, -0.1) is 11.3 Å². The van der Waals surface area contributed by atoms with Gasteiger partial charge in [0.05, 0.1) is 12.2 Å². The summed E-state index contributed by atoms with van der Waals surface area (Å²) >= 11 is 1.23. The minimum Gasteiger partial charge on any atom is -0.486 e. The van der Waals surface area contributed by atoms with Gasteiger partial charge in [0.15, 0.2) is 5.75 Å². The van der Waals surface area contributed by atoms with Crippen molar-refractivity contribution >= 4 is 27.9 Å². The Morgan fingerprint density at radius 3 is 2.90 bits per heavy atom. The van der Waals surface area contributed by atoms with Crippen LogP contribution in [-0.4, -0.2) is 31.3 Å². The van der Waals surface area contributed by atoms with Crippen LogP contribution in [0, 0.1) is 0 Å². The number of amides is 1. The molecule has 0 saturated carbocycles. The lowest BCUT2D eigenvalue weighted by Crippen LogP contribution is -2.18. The van der Waals surface area contributed by atoms with Gasteiger partial charge in [-0.3, -0.25) is 4.79 Å². The Morgan fingerprint density at radius 2 is 2.35 bits per heavy atom. The molecule has 1 amide bonds. The summed E-state index contributed by atoms with van der Waals surface area (Å²) < 4.78 is 11.3. The van der Waals surface area contributed by atoms with Crippen molar-refractivity contribution in [3.8, 4) is 5.75 Å². The predicted octanol–water partition coefficient (Wildman–Crippen LogP) is 1.81. The highest BCUT2D eigenvalue weighted by molar-refractivity contribution is 7.19. The van der Waals surface area contributed by atoms with Crippen LogP contribution in [0.3, 0.4) is 0 Å². The Morgan fingerprint density at radius 1 is 1.60 bits per heavy atom. The Bertz CT molecular complexity index is 481. The zero-order valence-corrected chi connectivity index (χ0v) is 12.6. The van der Waals surface area contributed by atoms with Crippen molar-refractivity contribution in [1.82, 2.24) is 0 Å². The van der Waals surface area contributed by atoms with Crippen molar-refractivity contribution in [2.24, 2.45) is 5.73 Å². The molecule has 2 heterocycles. The van der Waals surface area contributed by atoms with Crippen LogP contribution < -0.4 is 21.5 Å². The standard InChI is InChI=1S/C13H21N3O3S/c1-7(2)19-10-9(14)11(12(15)17)20-13(10)16-6-8-4-3-5-18-8/h7-8,16H,3-6,14H2,1-2H3,(H2,15,17). The summed E-state index contributed by atoms with van der Waals surface area (Å²) in [6.45, 7) is 5.29. The highest BCUT2D eigenvalue weighted by atomic mass is 32.1. The lowest BCUT2D eigenvalue weighted by atomic mass is 10.2. The third kappa shape index (κ3) is 3.34. The van der Waals surface area contributed by atoms with Crippen LogP contribution in [-0.2, 0) is 4.74 Å². The lowest BCUT2D eigenvalue weighted by molar-refractivity contribution is 0.100. The largest absolute Gasteiger partial charge is 0.486 e. The summed E-state index contributed by atoms with van der Waals surface area (Å²) in [5.74, 6) is -0.0249. The number of nitrogen functional groups attached to an aromatic ring is 1. The van der Waals surface area contributed by atoms with E-state index < -0.39 is 5.91 Å². The van der Waals surface area contributed by atoms with E-state index in [0.717, 1.165) is 24.4 Å². The molecule has 0 aromatic carbocycles. The molecule has 1 aliphatic rings. The van der Waals surface area contributed by atoms with E-state index in [0.29, 0.717) is 22.9 Å². The first-order valence-corrected chi connectivity index (χ1v) is 7.55. The number of carbonyl (C=O) groups is 1. The highest BCUT2D eigenvalue weighted by Crippen LogP contribution is 2.43. The quantitative estimate of drug-likeness (QED) is 0.744. The van der Waals surface area contributed by atoms with Crippen molar-refractivity contribution in [3.63, 3.8) is 0 Å². The maximum absolute atomic E-state index is 11.4. The number of thiophene rings is 1. The molecule has 1 fully saturated rings. The molecule has 1 atom stereocenters. The number of nitrogens with two attached hydrogens (primary N) is 2. The molecule has 1 aromatic rings. The van der Waals surface area contributed by atoms with Gasteiger partial charge in [-0.05, 0) is 26.7 Å². The lowest BCUT2D eigenvalue weighted by Gasteiger charge is -2.14. The number of nitrogens with one attached hydrogen (secondary N) is 1. The van der Waals surface area contributed by atoms with Gasteiger partial charge in [-0.1, -0.05) is 0 Å². The molecule has 2 rings (SSSR count). The number of hydrogen-bond donors (Lipinski definition) is 3. The van der Waals surface area contributed by atoms with Gasteiger partial charge in [-0.2, -0.15) is 0 Å². The third-order valence-electron chi connectivity index (χ3n) is 2.99. The second-order valence-corrected chi connectivity index (χ2v) is 6.07. The van der Waals surface area contributed by atoms with Gasteiger partial charge in [-0.25, -0.2) is 0 Å². The van der Waals surface area contributed by atoms with E-state index in [1.807, 2.05) is 13.8 Å². The maximum atomic E-state index is 11.4.